The molecule has 1 aromatic rings. The van der Waals surface area contributed by atoms with E-state index in [2.05, 4.69) is 0 Å². The second-order valence-electron chi connectivity index (χ2n) is 3.20. The molecule has 0 amide bonds. The maximum Gasteiger partial charge on any atom is 0.186 e. The summed E-state index contributed by atoms with van der Waals surface area (Å²) in [4.78, 5) is 10.7. The standard InChI is InChI=1S/C12H15NO2S/c1-9(14)16-7-3-4-10-8-11(15-2)5-6-12(10)13/h3-6,8H,7,13H2,1-2H3. The Balaban J connectivity index is 2.68. The van der Waals surface area contributed by atoms with Crippen LogP contribution in [0.4, 0.5) is 5.69 Å². The Kier molecular flexibility index (Phi) is 4.92. The molecule has 0 bridgehead atoms. The molecule has 0 fully saturated rings. The van der Waals surface area contributed by atoms with Crippen LogP contribution in [0, 0.1) is 0 Å². The number of carbonyl (C=O) groups is 1. The van der Waals surface area contributed by atoms with E-state index in [1.165, 1.54) is 11.8 Å². The molecule has 0 spiro atoms. The lowest BCUT2D eigenvalue weighted by Gasteiger charge is -2.03. The lowest BCUT2D eigenvalue weighted by atomic mass is 10.1. The van der Waals surface area contributed by atoms with Gasteiger partial charge in [0.1, 0.15) is 5.75 Å². The van der Waals surface area contributed by atoms with E-state index in [1.54, 1.807) is 20.1 Å². The van der Waals surface area contributed by atoms with Crippen molar-refractivity contribution in [2.24, 2.45) is 0 Å². The van der Waals surface area contributed by atoms with E-state index in [0.717, 1.165) is 11.3 Å². The third kappa shape index (κ3) is 3.98. The Bertz CT molecular complexity index is 402. The molecule has 0 saturated heterocycles. The van der Waals surface area contributed by atoms with E-state index < -0.39 is 0 Å². The SMILES string of the molecule is COc1ccc(N)c(C=CCSC(C)=O)c1. The van der Waals surface area contributed by atoms with Crippen LogP contribution in [0.5, 0.6) is 5.75 Å². The summed E-state index contributed by atoms with van der Waals surface area (Å²) < 4.78 is 5.11. The van der Waals surface area contributed by atoms with Gasteiger partial charge >= 0.3 is 0 Å². The van der Waals surface area contributed by atoms with Crippen molar-refractivity contribution in [2.75, 3.05) is 18.6 Å². The third-order valence-electron chi connectivity index (χ3n) is 1.97. The van der Waals surface area contributed by atoms with Crippen LogP contribution in [-0.4, -0.2) is 18.0 Å². The summed E-state index contributed by atoms with van der Waals surface area (Å²) in [6.45, 7) is 1.55. The van der Waals surface area contributed by atoms with Gasteiger partial charge in [-0.15, -0.1) is 0 Å². The van der Waals surface area contributed by atoms with E-state index >= 15 is 0 Å². The topological polar surface area (TPSA) is 52.3 Å². The molecule has 1 aromatic carbocycles. The Morgan fingerprint density at radius 3 is 2.94 bits per heavy atom. The zero-order chi connectivity index (χ0) is 12.0. The number of nitrogen functional groups attached to an aromatic ring is 1. The second kappa shape index (κ2) is 6.23. The first-order chi connectivity index (χ1) is 7.63. The van der Waals surface area contributed by atoms with Crippen molar-refractivity contribution in [3.63, 3.8) is 0 Å². The number of nitrogens with two attached hydrogens (primary N) is 1. The fourth-order valence-electron chi connectivity index (χ4n) is 1.16. The van der Waals surface area contributed by atoms with Gasteiger partial charge in [-0.2, -0.15) is 0 Å². The van der Waals surface area contributed by atoms with Crippen LogP contribution in [0.1, 0.15) is 12.5 Å². The van der Waals surface area contributed by atoms with E-state index in [0.29, 0.717) is 11.4 Å². The van der Waals surface area contributed by atoms with Gasteiger partial charge in [0.15, 0.2) is 5.12 Å². The van der Waals surface area contributed by atoms with Gasteiger partial charge in [-0.25, -0.2) is 0 Å². The summed E-state index contributed by atoms with van der Waals surface area (Å²) in [6.07, 6.45) is 3.81. The van der Waals surface area contributed by atoms with Crippen molar-refractivity contribution in [1.82, 2.24) is 0 Å². The molecule has 0 aromatic heterocycles. The summed E-state index contributed by atoms with van der Waals surface area (Å²) in [5, 5.41) is 0.114. The quantitative estimate of drug-likeness (QED) is 0.818. The molecule has 0 saturated carbocycles. The van der Waals surface area contributed by atoms with Crippen LogP contribution < -0.4 is 10.5 Å². The van der Waals surface area contributed by atoms with Crippen LogP contribution >= 0.6 is 11.8 Å². The van der Waals surface area contributed by atoms with E-state index in [-0.39, 0.29) is 5.12 Å². The fourth-order valence-corrected chi connectivity index (χ4v) is 1.59. The summed E-state index contributed by atoms with van der Waals surface area (Å²) in [6, 6.07) is 5.48. The first-order valence-corrected chi connectivity index (χ1v) is 5.85. The second-order valence-corrected chi connectivity index (χ2v) is 4.40. The van der Waals surface area contributed by atoms with Crippen LogP contribution in [-0.2, 0) is 4.79 Å². The van der Waals surface area contributed by atoms with Gasteiger partial charge < -0.3 is 10.5 Å². The van der Waals surface area contributed by atoms with Gasteiger partial charge in [0.2, 0.25) is 0 Å². The van der Waals surface area contributed by atoms with Gasteiger partial charge in [0.05, 0.1) is 7.11 Å². The summed E-state index contributed by atoms with van der Waals surface area (Å²) in [7, 11) is 1.62. The molecular weight excluding hydrogens is 222 g/mol. The molecule has 4 heteroatoms. The monoisotopic (exact) mass is 237 g/mol. The van der Waals surface area contributed by atoms with Crippen molar-refractivity contribution in [1.29, 1.82) is 0 Å². The molecule has 0 aliphatic carbocycles. The number of hydrogen-bond donors (Lipinski definition) is 1. The van der Waals surface area contributed by atoms with Gasteiger partial charge in [-0.05, 0) is 18.2 Å². The number of thioether (sulfide) groups is 1. The molecule has 0 aliphatic heterocycles. The number of benzene rings is 1. The van der Waals surface area contributed by atoms with Crippen LogP contribution in [0.2, 0.25) is 0 Å². The molecule has 3 nitrogen and oxygen atoms in total. The predicted octanol–water partition coefficient (Wildman–Crippen LogP) is 2.57. The molecule has 86 valence electrons. The van der Waals surface area contributed by atoms with Crippen molar-refractivity contribution in [3.05, 3.63) is 29.8 Å². The van der Waals surface area contributed by atoms with E-state index in [9.17, 15) is 4.79 Å². The predicted molar refractivity (Wildman–Crippen MR) is 69.6 cm³/mol. The Hall–Kier alpha value is -1.42. The zero-order valence-corrected chi connectivity index (χ0v) is 10.2. The molecule has 0 unspecified atom stereocenters. The van der Waals surface area contributed by atoms with Crippen LogP contribution in [0.15, 0.2) is 24.3 Å². The lowest BCUT2D eigenvalue weighted by molar-refractivity contribution is -0.109. The molecule has 16 heavy (non-hydrogen) atoms. The van der Waals surface area contributed by atoms with Gasteiger partial charge in [-0.3, -0.25) is 4.79 Å². The van der Waals surface area contributed by atoms with Crippen LogP contribution in [0.3, 0.4) is 0 Å². The molecule has 2 N–H and O–H groups in total. The average Bonchev–Trinajstić information content (AvgIpc) is 2.26. The highest BCUT2D eigenvalue weighted by Gasteiger charge is 1.97. The number of methoxy groups -OCH3 is 1. The lowest BCUT2D eigenvalue weighted by Crippen LogP contribution is -1.91. The number of ether oxygens (including phenoxy) is 1. The zero-order valence-electron chi connectivity index (χ0n) is 9.40. The summed E-state index contributed by atoms with van der Waals surface area (Å²) in [5.41, 5.74) is 7.41. The maximum atomic E-state index is 10.7. The minimum Gasteiger partial charge on any atom is -0.497 e. The van der Waals surface area contributed by atoms with E-state index in [4.69, 9.17) is 10.5 Å². The van der Waals surface area contributed by atoms with Gasteiger partial charge in [0, 0.05) is 23.9 Å². The molecule has 0 heterocycles. The van der Waals surface area contributed by atoms with Crippen molar-refractivity contribution >= 4 is 28.6 Å². The van der Waals surface area contributed by atoms with Crippen molar-refractivity contribution in [3.8, 4) is 5.75 Å². The third-order valence-corrected chi connectivity index (χ3v) is 2.74. The normalized spacial score (nSPS) is 10.6. The van der Waals surface area contributed by atoms with Crippen LogP contribution in [0.25, 0.3) is 6.08 Å². The van der Waals surface area contributed by atoms with Gasteiger partial charge in [-0.1, -0.05) is 23.9 Å². The van der Waals surface area contributed by atoms with E-state index in [1.807, 2.05) is 24.3 Å². The Morgan fingerprint density at radius 2 is 2.31 bits per heavy atom. The maximum absolute atomic E-state index is 10.7. The number of carbonyl (C=O) groups excluding carboxylic acids is 1. The highest BCUT2D eigenvalue weighted by atomic mass is 32.2. The van der Waals surface area contributed by atoms with Crippen molar-refractivity contribution < 1.29 is 9.53 Å². The number of rotatable bonds is 4. The molecular formula is C12H15NO2S. The average molecular weight is 237 g/mol. The molecule has 1 rings (SSSR count). The number of anilines is 1. The number of hydrogen-bond acceptors (Lipinski definition) is 4. The Morgan fingerprint density at radius 1 is 1.56 bits per heavy atom. The molecule has 0 radical (unpaired) electrons. The smallest absolute Gasteiger partial charge is 0.186 e. The first kappa shape index (κ1) is 12.6. The molecule has 0 aliphatic rings. The summed E-state index contributed by atoms with van der Waals surface area (Å²) in [5.74, 6) is 1.43. The highest BCUT2D eigenvalue weighted by Crippen LogP contribution is 2.20. The van der Waals surface area contributed by atoms with Gasteiger partial charge in [0.25, 0.3) is 0 Å². The first-order valence-electron chi connectivity index (χ1n) is 4.87. The fraction of sp³-hybridized carbons (Fsp3) is 0.250. The Labute approximate surface area is 99.7 Å². The summed E-state index contributed by atoms with van der Waals surface area (Å²) >= 11 is 1.27. The minimum absolute atomic E-state index is 0.114. The largest absolute Gasteiger partial charge is 0.497 e. The molecule has 0 atom stereocenters. The highest BCUT2D eigenvalue weighted by molar-refractivity contribution is 8.13. The minimum atomic E-state index is 0.114. The van der Waals surface area contributed by atoms with Crippen molar-refractivity contribution in [2.45, 2.75) is 6.92 Å².